The van der Waals surface area contributed by atoms with Gasteiger partial charge in [0.15, 0.2) is 0 Å². The van der Waals surface area contributed by atoms with Crippen LogP contribution in [0.3, 0.4) is 0 Å². The topological polar surface area (TPSA) is 68.6 Å². The van der Waals surface area contributed by atoms with Crippen molar-refractivity contribution in [3.63, 3.8) is 0 Å². The number of amides is 1. The molecule has 1 aromatic carbocycles. The third kappa shape index (κ3) is 6.08. The third-order valence-electron chi connectivity index (χ3n) is 6.47. The number of nitrogens with one attached hydrogen (secondary N) is 1. The summed E-state index contributed by atoms with van der Waals surface area (Å²) in [6, 6.07) is 8.06. The summed E-state index contributed by atoms with van der Waals surface area (Å²) >= 11 is 0. The van der Waals surface area contributed by atoms with Gasteiger partial charge in [-0.3, -0.25) is 9.69 Å². The molecular weight excluding hydrogens is 392 g/mol. The van der Waals surface area contributed by atoms with Crippen LogP contribution in [0.15, 0.2) is 36.7 Å². The lowest BCUT2D eigenvalue weighted by molar-refractivity contribution is -0.122. The first kappa shape index (κ1) is 21.8. The van der Waals surface area contributed by atoms with Gasteiger partial charge < -0.3 is 19.4 Å². The number of ether oxygens (including phenoxy) is 2. The van der Waals surface area contributed by atoms with Gasteiger partial charge in [-0.1, -0.05) is 0 Å². The second-order valence-corrected chi connectivity index (χ2v) is 8.61. The lowest BCUT2D eigenvalue weighted by Gasteiger charge is -2.31. The smallest absolute Gasteiger partial charge is 0.220 e. The average Bonchev–Trinajstić information content (AvgIpc) is 3.49. The van der Waals surface area contributed by atoms with Gasteiger partial charge in [-0.05, 0) is 75.4 Å². The van der Waals surface area contributed by atoms with Gasteiger partial charge in [0.05, 0.1) is 19.8 Å². The van der Waals surface area contributed by atoms with E-state index in [1.807, 2.05) is 24.5 Å². The van der Waals surface area contributed by atoms with Crippen molar-refractivity contribution in [3.8, 4) is 11.4 Å². The quantitative estimate of drug-likeness (QED) is 0.667. The highest BCUT2D eigenvalue weighted by Gasteiger charge is 2.22. The van der Waals surface area contributed by atoms with Crippen LogP contribution in [-0.4, -0.2) is 59.8 Å². The number of aromatic nitrogens is 2. The molecule has 2 aliphatic heterocycles. The van der Waals surface area contributed by atoms with Gasteiger partial charge in [0.1, 0.15) is 11.6 Å². The average molecular weight is 427 g/mol. The number of hydrogen-bond donors (Lipinski definition) is 1. The lowest BCUT2D eigenvalue weighted by Crippen LogP contribution is -2.35. The fourth-order valence-electron chi connectivity index (χ4n) is 4.52. The molecule has 1 aromatic heterocycles. The molecule has 2 aromatic rings. The first-order valence-corrected chi connectivity index (χ1v) is 11.5. The number of carbonyl (C=O) groups is 1. The van der Waals surface area contributed by atoms with Crippen LogP contribution in [0.1, 0.15) is 44.3 Å². The zero-order valence-electron chi connectivity index (χ0n) is 18.5. The Bertz CT molecular complexity index is 822. The van der Waals surface area contributed by atoms with E-state index in [1.165, 1.54) is 0 Å². The fourth-order valence-corrected chi connectivity index (χ4v) is 4.52. The number of nitrogens with zero attached hydrogens (tertiary/aromatic N) is 3. The van der Waals surface area contributed by atoms with Crippen molar-refractivity contribution >= 4 is 5.91 Å². The highest BCUT2D eigenvalue weighted by Crippen LogP contribution is 2.24. The summed E-state index contributed by atoms with van der Waals surface area (Å²) in [6.45, 7) is 4.44. The van der Waals surface area contributed by atoms with E-state index in [0.29, 0.717) is 18.9 Å². The zero-order valence-corrected chi connectivity index (χ0v) is 18.5. The zero-order chi connectivity index (χ0) is 21.5. The molecule has 3 heterocycles. The molecule has 7 heteroatoms. The van der Waals surface area contributed by atoms with Crippen molar-refractivity contribution < 1.29 is 14.3 Å². The second-order valence-electron chi connectivity index (χ2n) is 8.61. The predicted octanol–water partition coefficient (Wildman–Crippen LogP) is 3.17. The molecule has 0 radical (unpaired) electrons. The van der Waals surface area contributed by atoms with Gasteiger partial charge in [-0.15, -0.1) is 0 Å². The van der Waals surface area contributed by atoms with Gasteiger partial charge in [0.25, 0.3) is 0 Å². The SMILES string of the molecule is COc1ccc(-n2ccnc2CN2CCC(CCC(=O)NCC3CCCO3)CC2)cc1. The minimum atomic E-state index is 0.166. The van der Waals surface area contributed by atoms with Crippen molar-refractivity contribution in [2.75, 3.05) is 33.4 Å². The molecule has 0 aliphatic carbocycles. The molecule has 0 bridgehead atoms. The standard InChI is InChI=1S/C24H34N4O3/c1-30-21-7-5-20(6-8-21)28-15-12-25-23(28)18-27-13-10-19(11-14-27)4-9-24(29)26-17-22-3-2-16-31-22/h5-8,12,15,19,22H,2-4,9-11,13-14,16-18H2,1H3,(H,26,29). The van der Waals surface area contributed by atoms with Crippen molar-refractivity contribution in [1.29, 1.82) is 0 Å². The van der Waals surface area contributed by atoms with Crippen LogP contribution >= 0.6 is 0 Å². The second kappa shape index (κ2) is 10.8. The molecule has 168 valence electrons. The molecule has 1 atom stereocenters. The molecule has 4 rings (SSSR count). The van der Waals surface area contributed by atoms with Crippen molar-refractivity contribution in [2.45, 2.75) is 51.2 Å². The molecule has 7 nitrogen and oxygen atoms in total. The van der Waals surface area contributed by atoms with E-state index < -0.39 is 0 Å². The van der Waals surface area contributed by atoms with Gasteiger partial charge >= 0.3 is 0 Å². The summed E-state index contributed by atoms with van der Waals surface area (Å²) in [5.74, 6) is 2.70. The molecule has 2 aliphatic rings. The number of likely N-dealkylation sites (tertiary alicyclic amines) is 1. The molecule has 0 spiro atoms. The van der Waals surface area contributed by atoms with Crippen LogP contribution in [0, 0.1) is 5.92 Å². The number of carbonyl (C=O) groups excluding carboxylic acids is 1. The van der Waals surface area contributed by atoms with Gasteiger partial charge in [0.2, 0.25) is 5.91 Å². The van der Waals surface area contributed by atoms with E-state index in [9.17, 15) is 4.79 Å². The van der Waals surface area contributed by atoms with Crippen molar-refractivity contribution in [1.82, 2.24) is 19.8 Å². The van der Waals surface area contributed by atoms with Crippen LogP contribution in [0.25, 0.3) is 5.69 Å². The summed E-state index contributed by atoms with van der Waals surface area (Å²) < 4.78 is 13.0. The Morgan fingerprint density at radius 3 is 2.74 bits per heavy atom. The van der Waals surface area contributed by atoms with Crippen molar-refractivity contribution in [3.05, 3.63) is 42.5 Å². The van der Waals surface area contributed by atoms with Gasteiger partial charge in [0, 0.05) is 37.7 Å². The third-order valence-corrected chi connectivity index (χ3v) is 6.47. The van der Waals surface area contributed by atoms with Crippen molar-refractivity contribution in [2.24, 2.45) is 5.92 Å². The Balaban J connectivity index is 1.19. The van der Waals surface area contributed by atoms with E-state index in [-0.39, 0.29) is 12.0 Å². The highest BCUT2D eigenvalue weighted by atomic mass is 16.5. The van der Waals surface area contributed by atoms with E-state index >= 15 is 0 Å². The Labute approximate surface area is 184 Å². The molecule has 1 amide bonds. The maximum Gasteiger partial charge on any atom is 0.220 e. The summed E-state index contributed by atoms with van der Waals surface area (Å²) in [4.78, 5) is 19.2. The van der Waals surface area contributed by atoms with E-state index in [0.717, 1.165) is 75.6 Å². The number of methoxy groups -OCH3 is 1. The highest BCUT2D eigenvalue weighted by molar-refractivity contribution is 5.75. The molecule has 2 saturated heterocycles. The Morgan fingerprint density at radius 1 is 1.23 bits per heavy atom. The number of piperidine rings is 1. The minimum absolute atomic E-state index is 0.166. The summed E-state index contributed by atoms with van der Waals surface area (Å²) in [6.07, 6.45) is 10.2. The van der Waals surface area contributed by atoms with Crippen LogP contribution in [0.2, 0.25) is 0 Å². The summed E-state index contributed by atoms with van der Waals surface area (Å²) in [5.41, 5.74) is 1.09. The maximum atomic E-state index is 12.1. The first-order valence-electron chi connectivity index (χ1n) is 11.5. The Hall–Kier alpha value is -2.38. The number of benzene rings is 1. The molecule has 0 saturated carbocycles. The minimum Gasteiger partial charge on any atom is -0.497 e. The van der Waals surface area contributed by atoms with Crippen LogP contribution in [0.5, 0.6) is 5.75 Å². The monoisotopic (exact) mass is 426 g/mol. The normalized spacial score (nSPS) is 20.1. The van der Waals surface area contributed by atoms with E-state index in [2.05, 4.69) is 31.9 Å². The number of imidazole rings is 1. The molecule has 2 fully saturated rings. The maximum absolute atomic E-state index is 12.1. The summed E-state index contributed by atoms with van der Waals surface area (Å²) in [7, 11) is 1.68. The summed E-state index contributed by atoms with van der Waals surface area (Å²) in [5, 5.41) is 3.04. The molecule has 31 heavy (non-hydrogen) atoms. The molecule has 1 unspecified atom stereocenters. The van der Waals surface area contributed by atoms with Gasteiger partial charge in [-0.2, -0.15) is 0 Å². The predicted molar refractivity (Wildman–Crippen MR) is 119 cm³/mol. The molecule has 1 N–H and O–H groups in total. The van der Waals surface area contributed by atoms with E-state index in [1.54, 1.807) is 7.11 Å². The Kier molecular flexibility index (Phi) is 7.59. The lowest BCUT2D eigenvalue weighted by atomic mass is 9.92. The van der Waals surface area contributed by atoms with Gasteiger partial charge in [-0.25, -0.2) is 4.98 Å². The molecular formula is C24H34N4O3. The van der Waals surface area contributed by atoms with Crippen LogP contribution in [-0.2, 0) is 16.1 Å². The Morgan fingerprint density at radius 2 is 2.03 bits per heavy atom. The fraction of sp³-hybridized carbons (Fsp3) is 0.583. The van der Waals surface area contributed by atoms with Crippen LogP contribution in [0.4, 0.5) is 0 Å². The number of rotatable bonds is 9. The largest absolute Gasteiger partial charge is 0.497 e. The van der Waals surface area contributed by atoms with E-state index in [4.69, 9.17) is 9.47 Å². The first-order chi connectivity index (χ1) is 15.2. The van der Waals surface area contributed by atoms with Crippen LogP contribution < -0.4 is 10.1 Å². The number of hydrogen-bond acceptors (Lipinski definition) is 5.